The SMILES string of the molecule is CCC(=O)C(OC(=O)NC)c1ccc(ON=[N+]=[N-])cc1. The third-order valence-electron chi connectivity index (χ3n) is 2.44. The van der Waals surface area contributed by atoms with Gasteiger partial charge in [-0.05, 0) is 17.7 Å². The van der Waals surface area contributed by atoms with Gasteiger partial charge in [-0.25, -0.2) is 4.79 Å². The predicted octanol–water partition coefficient (Wildman–Crippen LogP) is 2.67. The normalized spacial score (nSPS) is 10.9. The van der Waals surface area contributed by atoms with Crippen molar-refractivity contribution in [2.75, 3.05) is 7.05 Å². The van der Waals surface area contributed by atoms with Gasteiger partial charge in [0.25, 0.3) is 0 Å². The molecule has 0 aromatic heterocycles. The zero-order chi connectivity index (χ0) is 15.0. The summed E-state index contributed by atoms with van der Waals surface area (Å²) in [6.07, 6.45) is -1.43. The van der Waals surface area contributed by atoms with E-state index < -0.39 is 12.2 Å². The van der Waals surface area contributed by atoms with E-state index in [1.54, 1.807) is 19.1 Å². The van der Waals surface area contributed by atoms with Crippen LogP contribution in [0, 0.1) is 0 Å². The lowest BCUT2D eigenvalue weighted by atomic mass is 10.0. The molecule has 1 unspecified atom stereocenters. The average molecular weight is 278 g/mol. The summed E-state index contributed by atoms with van der Waals surface area (Å²) in [4.78, 5) is 30.2. The van der Waals surface area contributed by atoms with E-state index in [-0.39, 0.29) is 12.2 Å². The van der Waals surface area contributed by atoms with Gasteiger partial charge in [0, 0.05) is 23.9 Å². The minimum Gasteiger partial charge on any atom is -0.433 e. The van der Waals surface area contributed by atoms with E-state index >= 15 is 0 Å². The van der Waals surface area contributed by atoms with Crippen LogP contribution in [0.2, 0.25) is 0 Å². The zero-order valence-corrected chi connectivity index (χ0v) is 11.1. The van der Waals surface area contributed by atoms with Crippen LogP contribution in [0.3, 0.4) is 0 Å². The molecule has 8 nitrogen and oxygen atoms in total. The standard InChI is InChI=1S/C12H14N4O4/c1-3-10(17)11(19-12(18)14-2)8-4-6-9(7-5-8)20-16-15-13/h4-7,11H,3H2,1-2H3,(H,14,18). The second kappa shape index (κ2) is 7.65. The first-order valence-electron chi connectivity index (χ1n) is 5.84. The van der Waals surface area contributed by atoms with Crippen molar-refractivity contribution in [1.29, 1.82) is 0 Å². The summed E-state index contributed by atoms with van der Waals surface area (Å²) in [7, 11) is 1.41. The summed E-state index contributed by atoms with van der Waals surface area (Å²) in [6.45, 7) is 1.68. The molecule has 1 aromatic rings. The number of carbonyl (C=O) groups excluding carboxylic acids is 2. The first-order valence-corrected chi connectivity index (χ1v) is 5.84. The molecule has 0 radical (unpaired) electrons. The topological polar surface area (TPSA) is 113 Å². The van der Waals surface area contributed by atoms with Crippen LogP contribution in [0.4, 0.5) is 4.79 Å². The van der Waals surface area contributed by atoms with E-state index in [0.29, 0.717) is 11.3 Å². The van der Waals surface area contributed by atoms with Gasteiger partial charge in [-0.3, -0.25) is 4.79 Å². The van der Waals surface area contributed by atoms with Gasteiger partial charge < -0.3 is 14.9 Å². The average Bonchev–Trinajstić information content (AvgIpc) is 2.50. The van der Waals surface area contributed by atoms with Gasteiger partial charge >= 0.3 is 6.09 Å². The molecule has 1 amide bonds. The minimum atomic E-state index is -0.978. The van der Waals surface area contributed by atoms with Crippen molar-refractivity contribution in [2.24, 2.45) is 5.28 Å². The summed E-state index contributed by atoms with van der Waals surface area (Å²) in [5, 5.41) is 5.24. The maximum atomic E-state index is 11.8. The van der Waals surface area contributed by atoms with Gasteiger partial charge in [-0.1, -0.05) is 19.1 Å². The lowest BCUT2D eigenvalue weighted by Crippen LogP contribution is -2.25. The Morgan fingerprint density at radius 2 is 2.05 bits per heavy atom. The number of ketones is 1. The third kappa shape index (κ3) is 4.18. The minimum absolute atomic E-state index is 0.225. The van der Waals surface area contributed by atoms with E-state index in [0.717, 1.165) is 0 Å². The molecule has 106 valence electrons. The molecule has 8 heteroatoms. The number of ether oxygens (including phenoxy) is 1. The molecule has 1 rings (SSSR count). The fraction of sp³-hybridized carbons (Fsp3) is 0.333. The van der Waals surface area contributed by atoms with Crippen molar-refractivity contribution < 1.29 is 19.2 Å². The number of rotatable bonds is 6. The van der Waals surface area contributed by atoms with E-state index in [4.69, 9.17) is 10.3 Å². The van der Waals surface area contributed by atoms with Gasteiger partial charge in [0.1, 0.15) is 11.0 Å². The van der Waals surface area contributed by atoms with Crippen molar-refractivity contribution in [2.45, 2.75) is 19.4 Å². The summed E-state index contributed by atoms with van der Waals surface area (Å²) >= 11 is 0. The number of nitrogens with one attached hydrogen (secondary N) is 1. The second-order valence-electron chi connectivity index (χ2n) is 3.69. The van der Waals surface area contributed by atoms with Crippen LogP contribution in [-0.2, 0) is 9.53 Å². The first-order chi connectivity index (χ1) is 9.62. The van der Waals surface area contributed by atoms with Gasteiger partial charge in [-0.15, -0.1) is 0 Å². The van der Waals surface area contributed by atoms with Crippen molar-refractivity contribution in [3.8, 4) is 5.75 Å². The summed E-state index contributed by atoms with van der Waals surface area (Å²) in [5.41, 5.74) is 8.63. The third-order valence-corrected chi connectivity index (χ3v) is 2.44. The Morgan fingerprint density at radius 3 is 2.55 bits per heavy atom. The lowest BCUT2D eigenvalue weighted by molar-refractivity contribution is -0.127. The van der Waals surface area contributed by atoms with Gasteiger partial charge in [0.05, 0.1) is 0 Å². The van der Waals surface area contributed by atoms with E-state index in [9.17, 15) is 9.59 Å². The number of Topliss-reactive ketones (excluding diaryl/α,β-unsaturated/α-hetero) is 1. The largest absolute Gasteiger partial charge is 0.433 e. The number of hydrogen-bond donors (Lipinski definition) is 1. The van der Waals surface area contributed by atoms with Crippen LogP contribution in [-0.4, -0.2) is 18.9 Å². The van der Waals surface area contributed by atoms with Crippen LogP contribution in [0.15, 0.2) is 29.5 Å². The Bertz CT molecular complexity index is 523. The van der Waals surface area contributed by atoms with Crippen LogP contribution in [0.1, 0.15) is 25.0 Å². The van der Waals surface area contributed by atoms with Crippen molar-refractivity contribution >= 4 is 11.9 Å². The maximum Gasteiger partial charge on any atom is 0.407 e. The van der Waals surface area contributed by atoms with Crippen LogP contribution in [0.5, 0.6) is 5.75 Å². The number of amides is 1. The highest BCUT2D eigenvalue weighted by Crippen LogP contribution is 2.23. The number of carbonyl (C=O) groups is 2. The lowest BCUT2D eigenvalue weighted by Gasteiger charge is -2.16. The number of nitrogens with zero attached hydrogens (tertiary/aromatic N) is 3. The second-order valence-corrected chi connectivity index (χ2v) is 3.69. The Hall–Kier alpha value is -2.73. The first kappa shape index (κ1) is 15.3. The smallest absolute Gasteiger partial charge is 0.407 e. The summed E-state index contributed by atoms with van der Waals surface area (Å²) in [5.74, 6) is 0.0894. The molecular weight excluding hydrogens is 264 g/mol. The van der Waals surface area contributed by atoms with Gasteiger partial charge in [0.15, 0.2) is 11.9 Å². The molecule has 0 bridgehead atoms. The summed E-state index contributed by atoms with van der Waals surface area (Å²) in [6, 6.07) is 6.13. The molecule has 20 heavy (non-hydrogen) atoms. The monoisotopic (exact) mass is 278 g/mol. The van der Waals surface area contributed by atoms with Crippen LogP contribution >= 0.6 is 0 Å². The quantitative estimate of drug-likeness (QED) is 0.373. The number of alkyl carbamates (subject to hydrolysis) is 1. The fourth-order valence-corrected chi connectivity index (χ4v) is 1.44. The van der Waals surface area contributed by atoms with E-state index in [1.165, 1.54) is 19.2 Å². The molecule has 0 heterocycles. The number of benzene rings is 1. The van der Waals surface area contributed by atoms with E-state index in [1.807, 2.05) is 0 Å². The molecule has 0 saturated carbocycles. The number of azide groups is 1. The van der Waals surface area contributed by atoms with Crippen molar-refractivity contribution in [3.63, 3.8) is 0 Å². The van der Waals surface area contributed by atoms with Crippen LogP contribution in [0.25, 0.3) is 10.4 Å². The molecule has 1 N–H and O–H groups in total. The molecule has 1 atom stereocenters. The molecule has 0 aliphatic carbocycles. The van der Waals surface area contributed by atoms with Crippen LogP contribution < -0.4 is 10.2 Å². The molecule has 1 aromatic carbocycles. The Kier molecular flexibility index (Phi) is 5.86. The molecule has 0 fully saturated rings. The summed E-state index contributed by atoms with van der Waals surface area (Å²) < 4.78 is 5.04. The number of hydrogen-bond acceptors (Lipinski definition) is 5. The van der Waals surface area contributed by atoms with Gasteiger partial charge in [-0.2, -0.15) is 0 Å². The Morgan fingerprint density at radius 1 is 1.40 bits per heavy atom. The Balaban J connectivity index is 2.92. The molecule has 0 spiro atoms. The maximum absolute atomic E-state index is 11.8. The fourth-order valence-electron chi connectivity index (χ4n) is 1.44. The van der Waals surface area contributed by atoms with Crippen molar-refractivity contribution in [3.05, 3.63) is 40.3 Å². The Labute approximate surface area is 115 Å². The highest BCUT2D eigenvalue weighted by molar-refractivity contribution is 5.86. The molecule has 0 aliphatic heterocycles. The van der Waals surface area contributed by atoms with E-state index in [2.05, 4.69) is 20.3 Å². The predicted molar refractivity (Wildman–Crippen MR) is 69.8 cm³/mol. The highest BCUT2D eigenvalue weighted by Gasteiger charge is 2.23. The van der Waals surface area contributed by atoms with Crippen molar-refractivity contribution in [1.82, 2.24) is 5.32 Å². The molecule has 0 aliphatic rings. The highest BCUT2D eigenvalue weighted by atomic mass is 16.6. The van der Waals surface area contributed by atoms with Gasteiger partial charge in [0.2, 0.25) is 0 Å². The molecular formula is C12H14N4O4. The zero-order valence-electron chi connectivity index (χ0n) is 11.1. The molecule has 0 saturated heterocycles.